The fraction of sp³-hybridized carbons (Fsp3) is 0.550. The normalized spacial score (nSPS) is 20.9. The van der Waals surface area contributed by atoms with Gasteiger partial charge in [0.15, 0.2) is 0 Å². The molecule has 2 aromatic rings. The Hall–Kier alpha value is -2.55. The van der Waals surface area contributed by atoms with Crippen LogP contribution in [0.25, 0.3) is 0 Å². The summed E-state index contributed by atoms with van der Waals surface area (Å²) in [6.45, 7) is 9.55. The van der Waals surface area contributed by atoms with Gasteiger partial charge in [0.2, 0.25) is 5.95 Å². The van der Waals surface area contributed by atoms with Gasteiger partial charge in [0.05, 0.1) is 17.5 Å². The SMILES string of the molecule is CCc1ncncc1CNc1ncc(C#N)c(C[C@@H]2C[C@@H](C)C2(C)C)n1. The van der Waals surface area contributed by atoms with Crippen molar-refractivity contribution in [2.75, 3.05) is 5.32 Å². The van der Waals surface area contributed by atoms with E-state index in [2.05, 4.69) is 59.0 Å². The van der Waals surface area contributed by atoms with Gasteiger partial charge < -0.3 is 5.32 Å². The van der Waals surface area contributed by atoms with Gasteiger partial charge >= 0.3 is 0 Å². The first-order chi connectivity index (χ1) is 12.5. The third kappa shape index (κ3) is 3.52. The average Bonchev–Trinajstić information content (AvgIpc) is 2.66. The molecule has 1 aliphatic rings. The lowest BCUT2D eigenvalue weighted by Gasteiger charge is -2.51. The van der Waals surface area contributed by atoms with Gasteiger partial charge in [-0.2, -0.15) is 5.26 Å². The molecule has 1 aliphatic carbocycles. The molecule has 2 aromatic heterocycles. The number of hydrogen-bond donors (Lipinski definition) is 1. The molecule has 0 amide bonds. The number of nitriles is 1. The maximum Gasteiger partial charge on any atom is 0.223 e. The van der Waals surface area contributed by atoms with Gasteiger partial charge in [-0.3, -0.25) is 0 Å². The molecule has 26 heavy (non-hydrogen) atoms. The number of rotatable bonds is 6. The first kappa shape index (κ1) is 18.2. The molecule has 1 N–H and O–H groups in total. The van der Waals surface area contributed by atoms with Gasteiger partial charge in [-0.25, -0.2) is 19.9 Å². The summed E-state index contributed by atoms with van der Waals surface area (Å²) >= 11 is 0. The number of anilines is 1. The van der Waals surface area contributed by atoms with Crippen LogP contribution >= 0.6 is 0 Å². The van der Waals surface area contributed by atoms with Crippen LogP contribution in [0.1, 0.15) is 56.6 Å². The van der Waals surface area contributed by atoms with Crippen molar-refractivity contribution in [1.82, 2.24) is 19.9 Å². The molecule has 6 heteroatoms. The third-order valence-electron chi connectivity index (χ3n) is 6.04. The predicted molar refractivity (Wildman–Crippen MR) is 100 cm³/mol. The fourth-order valence-electron chi connectivity index (χ4n) is 3.63. The Morgan fingerprint density at radius 3 is 2.73 bits per heavy atom. The van der Waals surface area contributed by atoms with E-state index in [4.69, 9.17) is 0 Å². The van der Waals surface area contributed by atoms with E-state index in [1.54, 1.807) is 12.5 Å². The zero-order chi connectivity index (χ0) is 18.7. The number of aromatic nitrogens is 4. The minimum atomic E-state index is 0.294. The minimum absolute atomic E-state index is 0.294. The van der Waals surface area contributed by atoms with Crippen LogP contribution in [0.3, 0.4) is 0 Å². The largest absolute Gasteiger partial charge is 0.350 e. The Morgan fingerprint density at radius 1 is 1.27 bits per heavy atom. The lowest BCUT2D eigenvalue weighted by atomic mass is 9.54. The van der Waals surface area contributed by atoms with Crippen molar-refractivity contribution in [2.24, 2.45) is 17.3 Å². The molecule has 136 valence electrons. The van der Waals surface area contributed by atoms with E-state index >= 15 is 0 Å². The summed E-state index contributed by atoms with van der Waals surface area (Å²) in [7, 11) is 0. The lowest BCUT2D eigenvalue weighted by molar-refractivity contribution is -0.00772. The zero-order valence-electron chi connectivity index (χ0n) is 16.0. The number of hydrogen-bond acceptors (Lipinski definition) is 6. The van der Waals surface area contributed by atoms with Crippen molar-refractivity contribution in [3.63, 3.8) is 0 Å². The molecular weight excluding hydrogens is 324 g/mol. The fourth-order valence-corrected chi connectivity index (χ4v) is 3.63. The number of aryl methyl sites for hydroxylation is 1. The van der Waals surface area contributed by atoms with Gasteiger partial charge in [0.25, 0.3) is 0 Å². The van der Waals surface area contributed by atoms with Crippen LogP contribution in [0.2, 0.25) is 0 Å². The predicted octanol–water partition coefficient (Wildman–Crippen LogP) is 3.54. The van der Waals surface area contributed by atoms with Crippen molar-refractivity contribution in [2.45, 2.75) is 53.5 Å². The second kappa shape index (κ2) is 7.36. The zero-order valence-corrected chi connectivity index (χ0v) is 16.0. The molecule has 1 fully saturated rings. The number of nitrogens with one attached hydrogen (secondary N) is 1. The third-order valence-corrected chi connectivity index (χ3v) is 6.04. The highest BCUT2D eigenvalue weighted by Gasteiger charge is 2.45. The summed E-state index contributed by atoms with van der Waals surface area (Å²) in [6, 6.07) is 2.23. The molecule has 0 spiro atoms. The van der Waals surface area contributed by atoms with Gasteiger partial charge in [-0.05, 0) is 36.5 Å². The van der Waals surface area contributed by atoms with Gasteiger partial charge in [0.1, 0.15) is 12.4 Å². The molecular formula is C20H26N6. The summed E-state index contributed by atoms with van der Waals surface area (Å²) < 4.78 is 0. The first-order valence-electron chi connectivity index (χ1n) is 9.23. The summed E-state index contributed by atoms with van der Waals surface area (Å²) in [5.41, 5.74) is 3.77. The topological polar surface area (TPSA) is 87.4 Å². The molecule has 0 aliphatic heterocycles. The van der Waals surface area contributed by atoms with E-state index in [-0.39, 0.29) is 0 Å². The van der Waals surface area contributed by atoms with Crippen LogP contribution in [-0.2, 0) is 19.4 Å². The summed E-state index contributed by atoms with van der Waals surface area (Å²) in [6.07, 6.45) is 7.88. The molecule has 0 radical (unpaired) electrons. The molecule has 6 nitrogen and oxygen atoms in total. The van der Waals surface area contributed by atoms with Gasteiger partial charge in [-0.1, -0.05) is 27.7 Å². The maximum absolute atomic E-state index is 9.40. The van der Waals surface area contributed by atoms with E-state index in [1.807, 2.05) is 6.20 Å². The summed E-state index contributed by atoms with van der Waals surface area (Å²) in [5.74, 6) is 1.82. The quantitative estimate of drug-likeness (QED) is 0.857. The molecule has 2 atom stereocenters. The van der Waals surface area contributed by atoms with Gasteiger partial charge in [-0.15, -0.1) is 0 Å². The summed E-state index contributed by atoms with van der Waals surface area (Å²) in [5, 5.41) is 12.7. The highest BCUT2D eigenvalue weighted by atomic mass is 15.1. The van der Waals surface area contributed by atoms with E-state index in [1.165, 1.54) is 6.42 Å². The van der Waals surface area contributed by atoms with Crippen molar-refractivity contribution in [3.05, 3.63) is 41.2 Å². The van der Waals surface area contributed by atoms with Crippen molar-refractivity contribution in [1.29, 1.82) is 5.26 Å². The van der Waals surface area contributed by atoms with Gasteiger partial charge in [0, 0.05) is 24.0 Å². The second-order valence-electron chi connectivity index (χ2n) is 7.73. The molecule has 0 unspecified atom stereocenters. The first-order valence-corrected chi connectivity index (χ1v) is 9.23. The highest BCUT2D eigenvalue weighted by molar-refractivity contribution is 5.38. The molecule has 2 heterocycles. The maximum atomic E-state index is 9.40. The Kier molecular flexibility index (Phi) is 5.17. The molecule has 0 bridgehead atoms. The van der Waals surface area contributed by atoms with Crippen LogP contribution in [0.5, 0.6) is 0 Å². The van der Waals surface area contributed by atoms with Crippen molar-refractivity contribution >= 4 is 5.95 Å². The van der Waals surface area contributed by atoms with E-state index in [0.29, 0.717) is 35.3 Å². The molecule has 0 aromatic carbocycles. The second-order valence-corrected chi connectivity index (χ2v) is 7.73. The van der Waals surface area contributed by atoms with Crippen LogP contribution in [-0.4, -0.2) is 19.9 Å². The lowest BCUT2D eigenvalue weighted by Crippen LogP contribution is -2.44. The minimum Gasteiger partial charge on any atom is -0.350 e. The monoisotopic (exact) mass is 350 g/mol. The van der Waals surface area contributed by atoms with E-state index in [0.717, 1.165) is 29.8 Å². The Morgan fingerprint density at radius 2 is 2.08 bits per heavy atom. The van der Waals surface area contributed by atoms with Crippen LogP contribution in [0.4, 0.5) is 5.95 Å². The average molecular weight is 350 g/mol. The standard InChI is InChI=1S/C20H26N6/c1-5-17-15(9-22-12-25-17)11-24-19-23-10-14(8-21)18(26-19)7-16-6-13(2)20(16,3)4/h9-10,12-13,16H,5-7,11H2,1-4H3,(H,23,24,26)/t13-,16+/m1/s1. The Balaban J connectivity index is 1.74. The van der Waals surface area contributed by atoms with Crippen LogP contribution in [0, 0.1) is 28.6 Å². The smallest absolute Gasteiger partial charge is 0.223 e. The van der Waals surface area contributed by atoms with E-state index < -0.39 is 0 Å². The van der Waals surface area contributed by atoms with Crippen molar-refractivity contribution < 1.29 is 0 Å². The van der Waals surface area contributed by atoms with Crippen LogP contribution < -0.4 is 5.32 Å². The van der Waals surface area contributed by atoms with E-state index in [9.17, 15) is 5.26 Å². The number of nitrogens with zero attached hydrogens (tertiary/aromatic N) is 5. The Labute approximate surface area is 155 Å². The highest BCUT2D eigenvalue weighted by Crippen LogP contribution is 2.52. The molecule has 1 saturated carbocycles. The molecule has 3 rings (SSSR count). The van der Waals surface area contributed by atoms with Crippen LogP contribution in [0.15, 0.2) is 18.7 Å². The Bertz CT molecular complexity index is 823. The molecule has 0 saturated heterocycles. The summed E-state index contributed by atoms with van der Waals surface area (Å²) in [4.78, 5) is 17.3. The van der Waals surface area contributed by atoms with Crippen molar-refractivity contribution in [3.8, 4) is 6.07 Å².